The lowest BCUT2D eigenvalue weighted by atomic mass is 9.93. The number of ether oxygens (including phenoxy) is 1. The van der Waals surface area contributed by atoms with Crippen LogP contribution in [0.3, 0.4) is 0 Å². The monoisotopic (exact) mass is 210 g/mol. The van der Waals surface area contributed by atoms with Crippen LogP contribution in [0.1, 0.15) is 25.7 Å². The number of likely N-dealkylation sites (tertiary alicyclic amines) is 1. The van der Waals surface area contributed by atoms with Gasteiger partial charge in [0.25, 0.3) is 5.91 Å². The van der Waals surface area contributed by atoms with Crippen molar-refractivity contribution in [1.29, 1.82) is 0 Å². The smallest absolute Gasteiger partial charge is 0.251 e. The second-order valence-corrected chi connectivity index (χ2v) is 4.96. The Morgan fingerprint density at radius 2 is 2.07 bits per heavy atom. The SMILES string of the molecule is O=C(C1CCC2(CNC2)O1)N1CCCC1. The van der Waals surface area contributed by atoms with Crippen LogP contribution in [0.25, 0.3) is 0 Å². The topological polar surface area (TPSA) is 41.6 Å². The Labute approximate surface area is 90.0 Å². The lowest BCUT2D eigenvalue weighted by molar-refractivity contribution is -0.150. The molecule has 3 saturated heterocycles. The minimum Gasteiger partial charge on any atom is -0.359 e. The summed E-state index contributed by atoms with van der Waals surface area (Å²) in [5.74, 6) is 0.233. The first-order chi connectivity index (χ1) is 7.29. The molecular formula is C11H18N2O2. The van der Waals surface area contributed by atoms with Crippen LogP contribution in [0, 0.1) is 0 Å². The maximum absolute atomic E-state index is 12.1. The molecule has 4 nitrogen and oxygen atoms in total. The highest BCUT2D eigenvalue weighted by Gasteiger charge is 2.47. The maximum atomic E-state index is 12.1. The molecule has 0 aromatic heterocycles. The Morgan fingerprint density at radius 3 is 2.60 bits per heavy atom. The van der Waals surface area contributed by atoms with E-state index in [1.54, 1.807) is 0 Å². The van der Waals surface area contributed by atoms with Crippen molar-refractivity contribution in [2.24, 2.45) is 0 Å². The maximum Gasteiger partial charge on any atom is 0.251 e. The zero-order chi connectivity index (χ0) is 10.3. The van der Waals surface area contributed by atoms with Crippen molar-refractivity contribution in [3.8, 4) is 0 Å². The molecule has 1 atom stereocenters. The first-order valence-corrected chi connectivity index (χ1v) is 5.96. The van der Waals surface area contributed by atoms with Crippen molar-refractivity contribution in [1.82, 2.24) is 10.2 Å². The summed E-state index contributed by atoms with van der Waals surface area (Å²) in [4.78, 5) is 14.0. The van der Waals surface area contributed by atoms with Crippen molar-refractivity contribution in [3.63, 3.8) is 0 Å². The molecule has 84 valence electrons. The lowest BCUT2D eigenvalue weighted by Crippen LogP contribution is -2.59. The van der Waals surface area contributed by atoms with Gasteiger partial charge in [0.05, 0.1) is 5.60 Å². The molecule has 1 spiro atoms. The highest BCUT2D eigenvalue weighted by atomic mass is 16.5. The molecule has 0 bridgehead atoms. The molecule has 1 N–H and O–H groups in total. The third kappa shape index (κ3) is 1.56. The Kier molecular flexibility index (Phi) is 2.21. The number of amides is 1. The number of carbonyl (C=O) groups is 1. The molecule has 0 aromatic carbocycles. The summed E-state index contributed by atoms with van der Waals surface area (Å²) in [5.41, 5.74) is 0.0139. The summed E-state index contributed by atoms with van der Waals surface area (Å²) < 4.78 is 5.91. The summed E-state index contributed by atoms with van der Waals surface area (Å²) in [5, 5.41) is 3.22. The molecular weight excluding hydrogens is 192 g/mol. The molecule has 0 radical (unpaired) electrons. The molecule has 3 fully saturated rings. The summed E-state index contributed by atoms with van der Waals surface area (Å²) in [6.07, 6.45) is 4.13. The third-order valence-electron chi connectivity index (χ3n) is 3.84. The second kappa shape index (κ2) is 3.46. The van der Waals surface area contributed by atoms with Crippen molar-refractivity contribution < 1.29 is 9.53 Å². The fraction of sp³-hybridized carbons (Fsp3) is 0.909. The largest absolute Gasteiger partial charge is 0.359 e. The van der Waals surface area contributed by atoms with Gasteiger partial charge in [0.15, 0.2) is 0 Å². The van der Waals surface area contributed by atoms with E-state index in [0.717, 1.165) is 51.9 Å². The third-order valence-corrected chi connectivity index (χ3v) is 3.84. The average molecular weight is 210 g/mol. The molecule has 3 rings (SSSR count). The Morgan fingerprint density at radius 1 is 1.33 bits per heavy atom. The quantitative estimate of drug-likeness (QED) is 0.669. The van der Waals surface area contributed by atoms with E-state index in [4.69, 9.17) is 4.74 Å². The van der Waals surface area contributed by atoms with E-state index < -0.39 is 0 Å². The van der Waals surface area contributed by atoms with E-state index in [0.29, 0.717) is 0 Å². The van der Waals surface area contributed by atoms with Gasteiger partial charge in [-0.05, 0) is 25.7 Å². The van der Waals surface area contributed by atoms with E-state index in [2.05, 4.69) is 5.32 Å². The number of carbonyl (C=O) groups excluding carboxylic acids is 1. The van der Waals surface area contributed by atoms with Gasteiger partial charge in [0.2, 0.25) is 0 Å². The fourth-order valence-electron chi connectivity index (χ4n) is 2.79. The highest BCUT2D eigenvalue weighted by Crippen LogP contribution is 2.34. The minimum atomic E-state index is -0.148. The molecule has 0 aromatic rings. The predicted molar refractivity (Wildman–Crippen MR) is 55.5 cm³/mol. The van der Waals surface area contributed by atoms with Gasteiger partial charge in [-0.2, -0.15) is 0 Å². The van der Waals surface area contributed by atoms with Gasteiger partial charge in [-0.3, -0.25) is 4.79 Å². The van der Waals surface area contributed by atoms with Crippen molar-refractivity contribution in [3.05, 3.63) is 0 Å². The standard InChI is InChI=1S/C11H18N2O2/c14-10(13-5-1-2-6-13)9-3-4-11(15-9)7-12-8-11/h9,12H,1-8H2. The zero-order valence-electron chi connectivity index (χ0n) is 9.00. The summed E-state index contributed by atoms with van der Waals surface area (Å²) in [7, 11) is 0. The second-order valence-electron chi connectivity index (χ2n) is 4.96. The first-order valence-electron chi connectivity index (χ1n) is 5.96. The fourth-order valence-corrected chi connectivity index (χ4v) is 2.79. The number of hydrogen-bond donors (Lipinski definition) is 1. The molecule has 3 aliphatic rings. The van der Waals surface area contributed by atoms with Crippen molar-refractivity contribution >= 4 is 5.91 Å². The number of nitrogens with one attached hydrogen (secondary N) is 1. The Hall–Kier alpha value is -0.610. The van der Waals surface area contributed by atoms with Crippen LogP contribution < -0.4 is 5.32 Å². The highest BCUT2D eigenvalue weighted by molar-refractivity contribution is 5.81. The molecule has 1 amide bonds. The van der Waals surface area contributed by atoms with Gasteiger partial charge in [-0.15, -0.1) is 0 Å². The molecule has 1 unspecified atom stereocenters. The van der Waals surface area contributed by atoms with Crippen molar-refractivity contribution in [2.45, 2.75) is 37.4 Å². The van der Waals surface area contributed by atoms with Gasteiger partial charge >= 0.3 is 0 Å². The van der Waals surface area contributed by atoms with E-state index in [1.807, 2.05) is 4.90 Å². The average Bonchev–Trinajstić information content (AvgIpc) is 2.85. The van der Waals surface area contributed by atoms with Crippen LogP contribution in [-0.4, -0.2) is 48.7 Å². The summed E-state index contributed by atoms with van der Waals surface area (Å²) in [6, 6.07) is 0. The lowest BCUT2D eigenvalue weighted by Gasteiger charge is -2.38. The molecule has 0 saturated carbocycles. The van der Waals surface area contributed by atoms with Crippen molar-refractivity contribution in [2.75, 3.05) is 26.2 Å². The molecule has 0 aliphatic carbocycles. The van der Waals surface area contributed by atoms with Gasteiger partial charge < -0.3 is 15.0 Å². The van der Waals surface area contributed by atoms with Crippen LogP contribution >= 0.6 is 0 Å². The van der Waals surface area contributed by atoms with Crippen LogP contribution in [-0.2, 0) is 9.53 Å². The minimum absolute atomic E-state index is 0.0139. The van der Waals surface area contributed by atoms with Gasteiger partial charge in [-0.1, -0.05) is 0 Å². The van der Waals surface area contributed by atoms with E-state index in [9.17, 15) is 4.79 Å². The van der Waals surface area contributed by atoms with Crippen LogP contribution in [0.5, 0.6) is 0 Å². The van der Waals surface area contributed by atoms with Gasteiger partial charge in [0, 0.05) is 26.2 Å². The summed E-state index contributed by atoms with van der Waals surface area (Å²) >= 11 is 0. The first kappa shape index (κ1) is 9.60. The zero-order valence-corrected chi connectivity index (χ0v) is 9.00. The van der Waals surface area contributed by atoms with Gasteiger partial charge in [0.1, 0.15) is 6.10 Å². The summed E-state index contributed by atoms with van der Waals surface area (Å²) in [6.45, 7) is 3.72. The molecule has 3 aliphatic heterocycles. The van der Waals surface area contributed by atoms with E-state index in [1.165, 1.54) is 0 Å². The molecule has 3 heterocycles. The van der Waals surface area contributed by atoms with Crippen LogP contribution in [0.2, 0.25) is 0 Å². The van der Waals surface area contributed by atoms with E-state index >= 15 is 0 Å². The van der Waals surface area contributed by atoms with E-state index in [-0.39, 0.29) is 17.6 Å². The molecule has 15 heavy (non-hydrogen) atoms. The normalized spacial score (nSPS) is 33.3. The Balaban J connectivity index is 1.61. The number of hydrogen-bond acceptors (Lipinski definition) is 3. The van der Waals surface area contributed by atoms with Crippen LogP contribution in [0.4, 0.5) is 0 Å². The number of nitrogens with zero attached hydrogens (tertiary/aromatic N) is 1. The molecule has 4 heteroatoms. The number of rotatable bonds is 1. The predicted octanol–water partition coefficient (Wildman–Crippen LogP) is 0.130. The Bertz CT molecular complexity index is 270. The van der Waals surface area contributed by atoms with Gasteiger partial charge in [-0.25, -0.2) is 0 Å². The van der Waals surface area contributed by atoms with Crippen LogP contribution in [0.15, 0.2) is 0 Å².